The third-order valence-electron chi connectivity index (χ3n) is 5.48. The van der Waals surface area contributed by atoms with Gasteiger partial charge in [0.2, 0.25) is 0 Å². The van der Waals surface area contributed by atoms with E-state index in [2.05, 4.69) is 0 Å². The molecule has 1 amide bonds. The number of carbonyl (C=O) groups is 2. The standard InChI is InChI=1S/C27H29NO5/c1-19-9-11-23(24-16-21(17-26(29)30)10-12-25(24)32-2)22(15-19)18-28(27(31)33-3)14-13-20-7-5-4-6-8-20/h4-12,15-16H,13-14,17-18H2,1-3H3,(H,29,30). The Morgan fingerprint density at radius 3 is 2.33 bits per heavy atom. The molecule has 33 heavy (non-hydrogen) atoms. The summed E-state index contributed by atoms with van der Waals surface area (Å²) in [7, 11) is 2.97. The molecular weight excluding hydrogens is 418 g/mol. The predicted octanol–water partition coefficient (Wildman–Crippen LogP) is 5.11. The van der Waals surface area contributed by atoms with Crippen LogP contribution in [0.25, 0.3) is 11.1 Å². The Balaban J connectivity index is 1.97. The fourth-order valence-corrected chi connectivity index (χ4v) is 3.84. The number of rotatable bonds is 9. The van der Waals surface area contributed by atoms with Crippen molar-refractivity contribution in [3.63, 3.8) is 0 Å². The zero-order valence-electron chi connectivity index (χ0n) is 19.2. The molecule has 0 spiro atoms. The minimum absolute atomic E-state index is 0.0798. The van der Waals surface area contributed by atoms with Crippen molar-refractivity contribution in [3.8, 4) is 16.9 Å². The number of benzene rings is 3. The Morgan fingerprint density at radius 2 is 1.67 bits per heavy atom. The van der Waals surface area contributed by atoms with E-state index in [1.165, 1.54) is 7.11 Å². The van der Waals surface area contributed by atoms with Gasteiger partial charge in [-0.2, -0.15) is 0 Å². The molecule has 0 aliphatic carbocycles. The third kappa shape index (κ3) is 6.35. The van der Waals surface area contributed by atoms with Crippen molar-refractivity contribution in [2.24, 2.45) is 0 Å². The lowest BCUT2D eigenvalue weighted by Crippen LogP contribution is -2.32. The fourth-order valence-electron chi connectivity index (χ4n) is 3.84. The van der Waals surface area contributed by atoms with E-state index in [4.69, 9.17) is 9.47 Å². The molecule has 6 heteroatoms. The maximum atomic E-state index is 12.6. The first-order valence-corrected chi connectivity index (χ1v) is 10.8. The molecule has 0 saturated carbocycles. The molecule has 0 aliphatic rings. The van der Waals surface area contributed by atoms with Crippen LogP contribution in [-0.2, 0) is 28.9 Å². The molecule has 3 aromatic carbocycles. The third-order valence-corrected chi connectivity index (χ3v) is 5.48. The lowest BCUT2D eigenvalue weighted by Gasteiger charge is -2.24. The van der Waals surface area contributed by atoms with E-state index in [0.29, 0.717) is 30.8 Å². The molecule has 0 radical (unpaired) electrons. The lowest BCUT2D eigenvalue weighted by atomic mass is 9.94. The van der Waals surface area contributed by atoms with E-state index in [-0.39, 0.29) is 6.42 Å². The van der Waals surface area contributed by atoms with Crippen molar-refractivity contribution in [2.45, 2.75) is 26.3 Å². The van der Waals surface area contributed by atoms with Gasteiger partial charge < -0.3 is 19.5 Å². The number of methoxy groups -OCH3 is 2. The SMILES string of the molecule is COC(=O)N(CCc1ccccc1)Cc1cc(C)ccc1-c1cc(CC(=O)O)ccc1OC. The Hall–Kier alpha value is -3.80. The van der Waals surface area contributed by atoms with Crippen molar-refractivity contribution < 1.29 is 24.2 Å². The van der Waals surface area contributed by atoms with Gasteiger partial charge in [0, 0.05) is 18.7 Å². The second kappa shape index (κ2) is 11.2. The Labute approximate surface area is 194 Å². The number of hydrogen-bond acceptors (Lipinski definition) is 4. The number of ether oxygens (including phenoxy) is 2. The Bertz CT molecular complexity index is 1110. The van der Waals surface area contributed by atoms with Crippen LogP contribution in [0.4, 0.5) is 4.79 Å². The first-order valence-electron chi connectivity index (χ1n) is 10.8. The fraction of sp³-hybridized carbons (Fsp3) is 0.259. The molecule has 172 valence electrons. The highest BCUT2D eigenvalue weighted by Crippen LogP contribution is 2.34. The van der Waals surface area contributed by atoms with E-state index in [9.17, 15) is 14.7 Å². The van der Waals surface area contributed by atoms with Crippen LogP contribution >= 0.6 is 0 Å². The molecular formula is C27H29NO5. The highest BCUT2D eigenvalue weighted by Gasteiger charge is 2.19. The number of aliphatic carboxylic acids is 1. The molecule has 1 N–H and O–H groups in total. The molecule has 0 atom stereocenters. The van der Waals surface area contributed by atoms with Crippen LogP contribution in [-0.4, -0.2) is 42.8 Å². The number of amides is 1. The molecule has 6 nitrogen and oxygen atoms in total. The smallest absolute Gasteiger partial charge is 0.409 e. The van der Waals surface area contributed by atoms with Crippen LogP contribution in [0.5, 0.6) is 5.75 Å². The van der Waals surface area contributed by atoms with Crippen LogP contribution < -0.4 is 4.74 Å². The minimum Gasteiger partial charge on any atom is -0.496 e. The monoisotopic (exact) mass is 447 g/mol. The summed E-state index contributed by atoms with van der Waals surface area (Å²) >= 11 is 0. The summed E-state index contributed by atoms with van der Waals surface area (Å²) in [6, 6.07) is 21.4. The molecule has 3 rings (SSSR count). The van der Waals surface area contributed by atoms with Gasteiger partial charge in [-0.1, -0.05) is 60.2 Å². The van der Waals surface area contributed by atoms with Crippen LogP contribution in [0.2, 0.25) is 0 Å². The molecule has 3 aromatic rings. The molecule has 0 fully saturated rings. The quantitative estimate of drug-likeness (QED) is 0.493. The molecule has 0 aromatic heterocycles. The van der Waals surface area contributed by atoms with Crippen LogP contribution in [0.1, 0.15) is 22.3 Å². The number of aryl methyl sites for hydroxylation is 1. The van der Waals surface area contributed by atoms with Gasteiger partial charge in [-0.3, -0.25) is 4.79 Å². The van der Waals surface area contributed by atoms with Crippen molar-refractivity contribution in [3.05, 3.63) is 89.0 Å². The van der Waals surface area contributed by atoms with Crippen LogP contribution in [0.15, 0.2) is 66.7 Å². The number of nitrogens with zero attached hydrogens (tertiary/aromatic N) is 1. The number of carbonyl (C=O) groups excluding carboxylic acids is 1. The minimum atomic E-state index is -0.895. The van der Waals surface area contributed by atoms with Gasteiger partial charge in [0.05, 0.1) is 20.6 Å². The molecule has 0 saturated heterocycles. The molecule has 0 aliphatic heterocycles. The highest BCUT2D eigenvalue weighted by atomic mass is 16.5. The summed E-state index contributed by atoms with van der Waals surface area (Å²) in [5.74, 6) is -0.254. The maximum Gasteiger partial charge on any atom is 0.409 e. The van der Waals surface area contributed by atoms with E-state index >= 15 is 0 Å². The first kappa shape index (κ1) is 23.9. The average molecular weight is 448 g/mol. The van der Waals surface area contributed by atoms with Crippen molar-refractivity contribution in [1.82, 2.24) is 4.90 Å². The van der Waals surface area contributed by atoms with E-state index in [1.54, 1.807) is 24.1 Å². The van der Waals surface area contributed by atoms with Gasteiger partial charge >= 0.3 is 12.1 Å². The summed E-state index contributed by atoms with van der Waals surface area (Å²) in [6.45, 7) is 2.85. The van der Waals surface area contributed by atoms with E-state index < -0.39 is 12.1 Å². The topological polar surface area (TPSA) is 76.1 Å². The molecule has 0 heterocycles. The highest BCUT2D eigenvalue weighted by molar-refractivity contribution is 5.77. The molecule has 0 bridgehead atoms. The van der Waals surface area contributed by atoms with Crippen LogP contribution in [0.3, 0.4) is 0 Å². The van der Waals surface area contributed by atoms with Gasteiger partial charge in [-0.05, 0) is 47.7 Å². The van der Waals surface area contributed by atoms with Crippen molar-refractivity contribution >= 4 is 12.1 Å². The second-order valence-electron chi connectivity index (χ2n) is 7.89. The second-order valence-corrected chi connectivity index (χ2v) is 7.89. The number of carboxylic acid groups (broad SMARTS) is 1. The summed E-state index contributed by atoms with van der Waals surface area (Å²) in [6.07, 6.45) is 0.225. The van der Waals surface area contributed by atoms with Crippen molar-refractivity contribution in [2.75, 3.05) is 20.8 Å². The van der Waals surface area contributed by atoms with E-state index in [0.717, 1.165) is 27.8 Å². The van der Waals surface area contributed by atoms with Gasteiger partial charge in [-0.15, -0.1) is 0 Å². The van der Waals surface area contributed by atoms with Gasteiger partial charge in [0.25, 0.3) is 0 Å². The number of carboxylic acids is 1. The zero-order chi connectivity index (χ0) is 23.8. The van der Waals surface area contributed by atoms with Crippen molar-refractivity contribution in [1.29, 1.82) is 0 Å². The lowest BCUT2D eigenvalue weighted by molar-refractivity contribution is -0.136. The van der Waals surface area contributed by atoms with E-state index in [1.807, 2.05) is 61.5 Å². The predicted molar refractivity (Wildman–Crippen MR) is 127 cm³/mol. The average Bonchev–Trinajstić information content (AvgIpc) is 2.81. The summed E-state index contributed by atoms with van der Waals surface area (Å²) in [5, 5.41) is 9.22. The molecule has 0 unspecified atom stereocenters. The summed E-state index contributed by atoms with van der Waals surface area (Å²) in [5.41, 5.74) is 5.48. The summed E-state index contributed by atoms with van der Waals surface area (Å²) in [4.78, 5) is 25.5. The zero-order valence-corrected chi connectivity index (χ0v) is 19.2. The Kier molecular flexibility index (Phi) is 8.08. The first-order chi connectivity index (χ1) is 15.9. The number of hydrogen-bond donors (Lipinski definition) is 1. The Morgan fingerprint density at radius 1 is 0.909 bits per heavy atom. The normalized spacial score (nSPS) is 10.5. The largest absolute Gasteiger partial charge is 0.496 e. The van der Waals surface area contributed by atoms with Crippen LogP contribution in [0, 0.1) is 6.92 Å². The summed E-state index contributed by atoms with van der Waals surface area (Å²) < 4.78 is 10.6. The van der Waals surface area contributed by atoms with Gasteiger partial charge in [0.1, 0.15) is 5.75 Å². The maximum absolute atomic E-state index is 12.6. The van der Waals surface area contributed by atoms with Gasteiger partial charge in [-0.25, -0.2) is 4.79 Å². The van der Waals surface area contributed by atoms with Gasteiger partial charge in [0.15, 0.2) is 0 Å².